The highest BCUT2D eigenvalue weighted by Gasteiger charge is 2.24. The zero-order valence-electron chi connectivity index (χ0n) is 15.6. The molecule has 0 atom stereocenters. The Balaban J connectivity index is 1.35. The average Bonchev–Trinajstić information content (AvgIpc) is 3.21. The standard InChI is InChI=1S/C23H18N2O4/c26-20-9-10-21(27)24(20)14-18-5-1-16(2-6-18)13-17-3-7-19(8-4-17)15-25-22(28)11-12-23(25)29/h1-12H,13-15H2. The first kappa shape index (κ1) is 18.6. The minimum absolute atomic E-state index is 0.266. The molecule has 4 rings (SSSR count). The normalized spacial score (nSPS) is 15.9. The van der Waals surface area contributed by atoms with Crippen molar-refractivity contribution in [3.8, 4) is 0 Å². The van der Waals surface area contributed by atoms with Crippen LogP contribution in [0.3, 0.4) is 0 Å². The second-order valence-electron chi connectivity index (χ2n) is 7.00. The molecule has 144 valence electrons. The highest BCUT2D eigenvalue weighted by molar-refractivity contribution is 6.13. The number of imide groups is 2. The maximum absolute atomic E-state index is 11.6. The van der Waals surface area contributed by atoms with Gasteiger partial charge in [-0.25, -0.2) is 0 Å². The highest BCUT2D eigenvalue weighted by atomic mass is 16.2. The Hall–Kier alpha value is -3.80. The summed E-state index contributed by atoms with van der Waals surface area (Å²) in [7, 11) is 0. The van der Waals surface area contributed by atoms with Gasteiger partial charge in [-0.3, -0.25) is 29.0 Å². The number of carbonyl (C=O) groups excluding carboxylic acids is 4. The maximum Gasteiger partial charge on any atom is 0.253 e. The van der Waals surface area contributed by atoms with Crippen molar-refractivity contribution < 1.29 is 19.2 Å². The topological polar surface area (TPSA) is 74.8 Å². The largest absolute Gasteiger partial charge is 0.271 e. The molecule has 0 radical (unpaired) electrons. The van der Waals surface area contributed by atoms with Crippen LogP contribution in [0.4, 0.5) is 0 Å². The molecule has 2 aliphatic heterocycles. The van der Waals surface area contributed by atoms with Gasteiger partial charge in [0.15, 0.2) is 0 Å². The first-order valence-corrected chi connectivity index (χ1v) is 9.22. The van der Waals surface area contributed by atoms with E-state index in [2.05, 4.69) is 0 Å². The summed E-state index contributed by atoms with van der Waals surface area (Å²) in [5.74, 6) is -1.14. The molecule has 0 N–H and O–H groups in total. The second-order valence-corrected chi connectivity index (χ2v) is 7.00. The number of hydrogen-bond acceptors (Lipinski definition) is 4. The van der Waals surface area contributed by atoms with Crippen LogP contribution in [0.25, 0.3) is 0 Å². The molecule has 2 aromatic carbocycles. The lowest BCUT2D eigenvalue weighted by Crippen LogP contribution is -2.29. The van der Waals surface area contributed by atoms with Gasteiger partial charge in [0.25, 0.3) is 23.6 Å². The Kier molecular flexibility index (Phi) is 4.91. The van der Waals surface area contributed by atoms with Gasteiger partial charge in [-0.15, -0.1) is 0 Å². The van der Waals surface area contributed by atoms with E-state index in [-0.39, 0.29) is 36.7 Å². The molecule has 0 saturated heterocycles. The molecule has 6 heteroatoms. The lowest BCUT2D eigenvalue weighted by Gasteiger charge is -2.14. The minimum Gasteiger partial charge on any atom is -0.271 e. The van der Waals surface area contributed by atoms with E-state index in [0.717, 1.165) is 28.7 Å². The molecule has 4 amide bonds. The van der Waals surface area contributed by atoms with Gasteiger partial charge in [0, 0.05) is 24.3 Å². The molecule has 0 aliphatic carbocycles. The van der Waals surface area contributed by atoms with E-state index in [4.69, 9.17) is 0 Å². The van der Waals surface area contributed by atoms with E-state index >= 15 is 0 Å². The molecule has 0 spiro atoms. The summed E-state index contributed by atoms with van der Waals surface area (Å²) in [5, 5.41) is 0. The van der Waals surface area contributed by atoms with Crippen molar-refractivity contribution in [1.29, 1.82) is 0 Å². The molecule has 0 saturated carbocycles. The number of benzene rings is 2. The average molecular weight is 386 g/mol. The molecule has 6 nitrogen and oxygen atoms in total. The third-order valence-corrected chi connectivity index (χ3v) is 4.94. The Morgan fingerprint density at radius 3 is 1.03 bits per heavy atom. The third kappa shape index (κ3) is 4.06. The van der Waals surface area contributed by atoms with Gasteiger partial charge in [-0.2, -0.15) is 0 Å². The Morgan fingerprint density at radius 1 is 0.448 bits per heavy atom. The predicted octanol–water partition coefficient (Wildman–Crippen LogP) is 2.13. The van der Waals surface area contributed by atoms with Crippen molar-refractivity contribution in [2.75, 3.05) is 0 Å². The van der Waals surface area contributed by atoms with Crippen molar-refractivity contribution in [2.45, 2.75) is 19.5 Å². The molecule has 2 aromatic rings. The number of hydrogen-bond donors (Lipinski definition) is 0. The van der Waals surface area contributed by atoms with Crippen LogP contribution in [-0.4, -0.2) is 33.4 Å². The Labute approximate surface area is 167 Å². The smallest absolute Gasteiger partial charge is 0.253 e. The molecule has 0 aromatic heterocycles. The van der Waals surface area contributed by atoms with E-state index in [1.807, 2.05) is 48.5 Å². The lowest BCUT2D eigenvalue weighted by molar-refractivity contribution is -0.139. The van der Waals surface area contributed by atoms with Crippen LogP contribution < -0.4 is 0 Å². The molecule has 0 bridgehead atoms. The van der Waals surface area contributed by atoms with Crippen LogP contribution in [0.5, 0.6) is 0 Å². The van der Waals surface area contributed by atoms with E-state index in [1.165, 1.54) is 34.1 Å². The lowest BCUT2D eigenvalue weighted by atomic mass is 10.0. The zero-order valence-corrected chi connectivity index (χ0v) is 15.6. The number of carbonyl (C=O) groups is 4. The molecule has 2 heterocycles. The first-order chi connectivity index (χ1) is 14.0. The van der Waals surface area contributed by atoms with Gasteiger partial charge >= 0.3 is 0 Å². The third-order valence-electron chi connectivity index (χ3n) is 4.94. The molecule has 0 fully saturated rings. The van der Waals surface area contributed by atoms with Gasteiger partial charge in [0.05, 0.1) is 13.1 Å². The van der Waals surface area contributed by atoms with Crippen molar-refractivity contribution in [1.82, 2.24) is 9.80 Å². The van der Waals surface area contributed by atoms with Crippen LogP contribution in [0, 0.1) is 0 Å². The Bertz CT molecular complexity index is 928. The molecule has 0 unspecified atom stereocenters. The predicted molar refractivity (Wildman–Crippen MR) is 105 cm³/mol. The summed E-state index contributed by atoms with van der Waals surface area (Å²) in [6, 6.07) is 15.6. The summed E-state index contributed by atoms with van der Waals surface area (Å²) in [6.45, 7) is 0.533. The van der Waals surface area contributed by atoms with Gasteiger partial charge in [-0.05, 0) is 28.7 Å². The quantitative estimate of drug-likeness (QED) is 0.713. The van der Waals surface area contributed by atoms with E-state index in [1.54, 1.807) is 0 Å². The van der Waals surface area contributed by atoms with Gasteiger partial charge in [0.2, 0.25) is 0 Å². The molecule has 2 aliphatic rings. The maximum atomic E-state index is 11.6. The fourth-order valence-electron chi connectivity index (χ4n) is 3.30. The monoisotopic (exact) mass is 386 g/mol. The SMILES string of the molecule is O=C1C=CC(=O)N1Cc1ccc(Cc2ccc(CN3C(=O)C=CC3=O)cc2)cc1. The second kappa shape index (κ2) is 7.67. The fraction of sp³-hybridized carbons (Fsp3) is 0.130. The van der Waals surface area contributed by atoms with E-state index < -0.39 is 0 Å². The van der Waals surface area contributed by atoms with E-state index in [9.17, 15) is 19.2 Å². The molecule has 29 heavy (non-hydrogen) atoms. The Morgan fingerprint density at radius 2 is 0.724 bits per heavy atom. The number of rotatable bonds is 6. The molecular formula is C23H18N2O4. The van der Waals surface area contributed by atoms with Crippen molar-refractivity contribution in [3.05, 3.63) is 95.1 Å². The van der Waals surface area contributed by atoms with E-state index in [0.29, 0.717) is 0 Å². The fourth-order valence-corrected chi connectivity index (χ4v) is 3.30. The van der Waals surface area contributed by atoms with Crippen molar-refractivity contribution in [3.63, 3.8) is 0 Å². The van der Waals surface area contributed by atoms with Gasteiger partial charge in [0.1, 0.15) is 0 Å². The summed E-state index contributed by atoms with van der Waals surface area (Å²) in [4.78, 5) is 49.0. The van der Waals surface area contributed by atoms with Crippen LogP contribution in [-0.2, 0) is 38.7 Å². The zero-order chi connectivity index (χ0) is 20.4. The van der Waals surface area contributed by atoms with Gasteiger partial charge in [-0.1, -0.05) is 48.5 Å². The van der Waals surface area contributed by atoms with Crippen LogP contribution in [0.15, 0.2) is 72.8 Å². The number of nitrogens with zero attached hydrogens (tertiary/aromatic N) is 2. The number of amides is 4. The summed E-state index contributed by atoms with van der Waals surface area (Å²) in [6.07, 6.45) is 5.87. The van der Waals surface area contributed by atoms with Crippen LogP contribution in [0.1, 0.15) is 22.3 Å². The summed E-state index contributed by atoms with van der Waals surface area (Å²) < 4.78 is 0. The highest BCUT2D eigenvalue weighted by Crippen LogP contribution is 2.16. The first-order valence-electron chi connectivity index (χ1n) is 9.22. The van der Waals surface area contributed by atoms with Crippen LogP contribution in [0.2, 0.25) is 0 Å². The van der Waals surface area contributed by atoms with Crippen LogP contribution >= 0.6 is 0 Å². The summed E-state index contributed by atoms with van der Waals surface area (Å²) >= 11 is 0. The molecular weight excluding hydrogens is 368 g/mol. The van der Waals surface area contributed by atoms with Crippen molar-refractivity contribution >= 4 is 23.6 Å². The van der Waals surface area contributed by atoms with Crippen molar-refractivity contribution in [2.24, 2.45) is 0 Å². The van der Waals surface area contributed by atoms with Gasteiger partial charge < -0.3 is 0 Å². The minimum atomic E-state index is -0.285. The summed E-state index contributed by atoms with van der Waals surface area (Å²) in [5.41, 5.74) is 3.99.